The number of anilines is 3. The Kier molecular flexibility index (Phi) is 29.8. The molecule has 7 amide bonds. The number of nitrogens with two attached hydrogens (primary N) is 1. The Balaban J connectivity index is 0.874. The minimum atomic E-state index is -4.46. The van der Waals surface area contributed by atoms with Crippen molar-refractivity contribution in [3.63, 3.8) is 0 Å². The van der Waals surface area contributed by atoms with Crippen molar-refractivity contribution in [3.05, 3.63) is 197 Å². The Morgan fingerprint density at radius 2 is 1.29 bits per heavy atom. The van der Waals surface area contributed by atoms with Crippen molar-refractivity contribution in [1.82, 2.24) is 37.2 Å². The van der Waals surface area contributed by atoms with E-state index in [4.69, 9.17) is 10.5 Å². The van der Waals surface area contributed by atoms with Crippen LogP contribution in [0.3, 0.4) is 0 Å². The second kappa shape index (κ2) is 38.9. The van der Waals surface area contributed by atoms with Gasteiger partial charge in [-0.2, -0.15) is 18.6 Å². The van der Waals surface area contributed by atoms with Crippen molar-refractivity contribution in [1.29, 1.82) is 0 Å². The maximum atomic E-state index is 15.9. The number of fused-ring (bicyclic) bond motifs is 1. The SMILES string of the molecule is C=C(NCCCC[C@H](NC(=O)CNC(=O)[C@H](COCc1cccc(C(=O)O)c1)NC(=O)[C@H](Cc1cccc(C)c1)NC(=O)c1ccc(NC(=O)CCCNC(=O)C(N)CCC(=O)NCCNc2cccc3c(S(=O)(=O)O)cccc23)cc1F)C(=O)O)c1ccc(/N=N/c2ccc(N(C)C)cc2)cc1. The highest BCUT2D eigenvalue weighted by atomic mass is 32.2. The number of ether oxygens (including phenoxy) is 1. The van der Waals surface area contributed by atoms with Crippen LogP contribution in [0.5, 0.6) is 0 Å². The van der Waals surface area contributed by atoms with Crippen LogP contribution in [0.25, 0.3) is 16.5 Å². The highest BCUT2D eigenvalue weighted by Crippen LogP contribution is 2.29. The number of benzene rings is 7. The number of nitrogens with one attached hydrogen (secondary N) is 9. The lowest BCUT2D eigenvalue weighted by atomic mass is 10.0. The number of hydrogen-bond acceptors (Lipinski definition) is 18. The molecule has 4 atom stereocenters. The van der Waals surface area contributed by atoms with E-state index >= 15 is 4.39 Å². The minimum absolute atomic E-state index is 0.00510. The summed E-state index contributed by atoms with van der Waals surface area (Å²) < 4.78 is 55.0. The van der Waals surface area contributed by atoms with Crippen LogP contribution in [-0.2, 0) is 61.4 Å². The summed E-state index contributed by atoms with van der Waals surface area (Å²) in [5.74, 6) is -8.97. The summed E-state index contributed by atoms with van der Waals surface area (Å²) in [6.07, 6.45) is 0.641. The fraction of sp³-hybridized carbons (Fsp3) is 0.301. The van der Waals surface area contributed by atoms with Crippen molar-refractivity contribution in [2.24, 2.45) is 16.0 Å². The number of carbonyl (C=O) groups is 9. The molecule has 103 heavy (non-hydrogen) atoms. The molecule has 0 bridgehead atoms. The van der Waals surface area contributed by atoms with E-state index in [1.807, 2.05) is 55.4 Å². The molecule has 30 heteroatoms. The largest absolute Gasteiger partial charge is 0.480 e. The second-order valence-corrected chi connectivity index (χ2v) is 25.6. The number of aliphatic carboxylic acids is 1. The zero-order valence-electron chi connectivity index (χ0n) is 57.0. The third kappa shape index (κ3) is 25.6. The quantitative estimate of drug-likeness (QED) is 0.0104. The molecule has 0 aliphatic carbocycles. The van der Waals surface area contributed by atoms with Crippen molar-refractivity contribution in [2.75, 3.05) is 69.0 Å². The fourth-order valence-corrected chi connectivity index (χ4v) is 11.2. The monoisotopic (exact) mass is 1430 g/mol. The summed E-state index contributed by atoms with van der Waals surface area (Å²) in [5.41, 5.74) is 11.6. The second-order valence-electron chi connectivity index (χ2n) is 24.2. The van der Waals surface area contributed by atoms with Crippen LogP contribution in [0.4, 0.5) is 32.8 Å². The van der Waals surface area contributed by atoms with Gasteiger partial charge >= 0.3 is 11.9 Å². The van der Waals surface area contributed by atoms with Crippen LogP contribution in [-0.4, -0.2) is 154 Å². The standard InChI is InChI=1S/C73H84FN13O15S/c1-45-12-7-13-47(38-45)40-62(83-68(91)57-31-28-53(41-58(57)74)81-66(89)21-11-35-79-69(92)59(75)32-33-65(88)78-37-36-77-60-19-9-17-56-55(60)16-10-20-64(56)103(99,100)101)71(94)84-63(44-102-43-48-14-8-15-50(39-48)72(95)96)70(93)80-42-67(90)82-61(73(97)98)18-5-6-34-76-46(2)49-22-24-51(25-23-49)85-86-52-26-29-54(30-27-52)87(3)4/h7-10,12-17,19-20,22-31,38-39,41,59,61-63,76-77H,2,5-6,11,18,21,32-37,40,42-44,75H2,1,3-4H3,(H,78,88)(H,79,92)(H,80,93)(H,81,89)(H,82,90)(H,83,91)(H,84,94)(H,95,96)(H,97,98)(H,99,100,101)/b86-85+/t59?,61-,62-,63-/m0/s1. The number of aryl methyl sites for hydroxylation is 1. The molecule has 0 radical (unpaired) electrons. The third-order valence-corrected chi connectivity index (χ3v) is 16.9. The highest BCUT2D eigenvalue weighted by molar-refractivity contribution is 7.86. The molecule has 0 fully saturated rings. The number of carbonyl (C=O) groups excluding carboxylic acids is 7. The summed E-state index contributed by atoms with van der Waals surface area (Å²) in [6.45, 7) is 5.24. The number of unbranched alkanes of at least 4 members (excludes halogenated alkanes) is 1. The van der Waals surface area contributed by atoms with Gasteiger partial charge in [0.2, 0.25) is 35.4 Å². The van der Waals surface area contributed by atoms with Crippen molar-refractivity contribution < 1.29 is 75.5 Å². The zero-order valence-corrected chi connectivity index (χ0v) is 57.8. The maximum Gasteiger partial charge on any atom is 0.335 e. The number of rotatable bonds is 40. The first-order valence-electron chi connectivity index (χ1n) is 32.9. The first-order chi connectivity index (χ1) is 49.2. The van der Waals surface area contributed by atoms with E-state index in [1.54, 1.807) is 73.7 Å². The lowest BCUT2D eigenvalue weighted by Gasteiger charge is -2.24. The van der Waals surface area contributed by atoms with Crippen molar-refractivity contribution >= 4 is 108 Å². The molecule has 0 saturated heterocycles. The van der Waals surface area contributed by atoms with E-state index in [0.29, 0.717) is 64.0 Å². The number of nitrogens with zero attached hydrogens (tertiary/aromatic N) is 3. The summed E-state index contributed by atoms with van der Waals surface area (Å²) in [6, 6.07) is 34.8. The van der Waals surface area contributed by atoms with Crippen LogP contribution in [0, 0.1) is 12.7 Å². The first-order valence-corrected chi connectivity index (χ1v) is 34.4. The topological polar surface area (TPSA) is 420 Å². The Bertz CT molecular complexity index is 4330. The van der Waals surface area contributed by atoms with E-state index in [9.17, 15) is 66.3 Å². The smallest absolute Gasteiger partial charge is 0.335 e. The predicted molar refractivity (Wildman–Crippen MR) is 386 cm³/mol. The average Bonchev–Trinajstić information content (AvgIpc) is 0.787. The number of hydrogen-bond donors (Lipinski definition) is 13. The Hall–Kier alpha value is -11.5. The van der Waals surface area contributed by atoms with Gasteiger partial charge in [0.15, 0.2) is 0 Å². The van der Waals surface area contributed by atoms with Crippen LogP contribution in [0.1, 0.15) is 87.9 Å². The normalized spacial score (nSPS) is 12.4. The van der Waals surface area contributed by atoms with Crippen molar-refractivity contribution in [3.8, 4) is 0 Å². The average molecular weight is 1430 g/mol. The summed E-state index contributed by atoms with van der Waals surface area (Å²) >= 11 is 0. The van der Waals surface area contributed by atoms with E-state index in [1.165, 1.54) is 36.4 Å². The summed E-state index contributed by atoms with van der Waals surface area (Å²) in [4.78, 5) is 120. The van der Waals surface area contributed by atoms with Crippen LogP contribution >= 0.6 is 0 Å². The lowest BCUT2D eigenvalue weighted by Crippen LogP contribution is -2.56. The Labute approximate surface area is 594 Å². The lowest BCUT2D eigenvalue weighted by molar-refractivity contribution is -0.142. The molecule has 1 unspecified atom stereocenters. The number of halogens is 1. The Morgan fingerprint density at radius 1 is 0.612 bits per heavy atom. The Morgan fingerprint density at radius 3 is 1.98 bits per heavy atom. The summed E-state index contributed by atoms with van der Waals surface area (Å²) in [5, 5.41) is 53.2. The molecule has 0 aliphatic rings. The third-order valence-electron chi connectivity index (χ3n) is 16.0. The van der Waals surface area contributed by atoms with Gasteiger partial charge in [0.05, 0.1) is 48.3 Å². The molecule has 28 nitrogen and oxygen atoms in total. The van der Waals surface area contributed by atoms with Gasteiger partial charge < -0.3 is 73.4 Å². The predicted octanol–water partition coefficient (Wildman–Crippen LogP) is 7.04. The zero-order chi connectivity index (χ0) is 74.6. The fourth-order valence-electron chi connectivity index (χ4n) is 10.5. The molecule has 544 valence electrons. The molecule has 7 aromatic carbocycles. The summed E-state index contributed by atoms with van der Waals surface area (Å²) in [7, 11) is -0.560. The van der Waals surface area contributed by atoms with Gasteiger partial charge in [0.1, 0.15) is 28.8 Å². The molecular weight excluding hydrogens is 1350 g/mol. The maximum absolute atomic E-state index is 15.9. The molecule has 7 aromatic rings. The number of carboxylic acid groups (broad SMARTS) is 2. The van der Waals surface area contributed by atoms with Crippen LogP contribution < -0.4 is 58.5 Å². The molecule has 7 rings (SSSR count). The molecule has 0 saturated carbocycles. The molecule has 0 spiro atoms. The number of carboxylic acids is 2. The van der Waals surface area contributed by atoms with Gasteiger partial charge in [-0.15, -0.1) is 0 Å². The first kappa shape index (κ1) is 78.9. The molecule has 0 heterocycles. The van der Waals surface area contributed by atoms with Gasteiger partial charge in [-0.05, 0) is 135 Å². The van der Waals surface area contributed by atoms with Gasteiger partial charge in [0.25, 0.3) is 16.0 Å². The van der Waals surface area contributed by atoms with Gasteiger partial charge in [-0.3, -0.25) is 38.1 Å². The molecule has 0 aromatic heterocycles. The van der Waals surface area contributed by atoms with E-state index in [2.05, 4.69) is 64.7 Å². The van der Waals surface area contributed by atoms with E-state index < -0.39 is 106 Å². The van der Waals surface area contributed by atoms with Gasteiger partial charge in [-0.25, -0.2) is 14.0 Å². The van der Waals surface area contributed by atoms with Gasteiger partial charge in [0, 0.05) is 93.1 Å². The number of azo groups is 1. The van der Waals surface area contributed by atoms with Crippen LogP contribution in [0.2, 0.25) is 0 Å². The number of amides is 7. The van der Waals surface area contributed by atoms with E-state index in [0.717, 1.165) is 28.9 Å². The van der Waals surface area contributed by atoms with Crippen LogP contribution in [0.15, 0.2) is 173 Å². The molecular formula is C73H84FN13O15S. The highest BCUT2D eigenvalue weighted by Gasteiger charge is 2.30. The van der Waals surface area contributed by atoms with E-state index in [-0.39, 0.29) is 86.8 Å². The minimum Gasteiger partial charge on any atom is -0.480 e. The van der Waals surface area contributed by atoms with Gasteiger partial charge in [-0.1, -0.05) is 84.9 Å². The van der Waals surface area contributed by atoms with Crippen molar-refractivity contribution in [2.45, 2.75) is 94.0 Å². The molecule has 0 aliphatic heterocycles. The number of aromatic carboxylic acids is 1. The molecule has 14 N–H and O–H groups in total.